The number of piperidine rings is 1. The van der Waals surface area contributed by atoms with Crippen LogP contribution in [-0.4, -0.2) is 30.6 Å². The molecule has 1 saturated heterocycles. The van der Waals surface area contributed by atoms with Gasteiger partial charge in [0.05, 0.1) is 0 Å². The highest BCUT2D eigenvalue weighted by molar-refractivity contribution is 5.94. The lowest BCUT2D eigenvalue weighted by molar-refractivity contribution is -0.117. The van der Waals surface area contributed by atoms with Gasteiger partial charge in [0.2, 0.25) is 0 Å². The zero-order valence-electron chi connectivity index (χ0n) is 14.7. The van der Waals surface area contributed by atoms with Crippen molar-refractivity contribution < 1.29 is 9.90 Å². The molecule has 0 bridgehead atoms. The number of rotatable bonds is 5. The summed E-state index contributed by atoms with van der Waals surface area (Å²) in [5.74, 6) is -0.282. The Morgan fingerprint density at radius 1 is 1.08 bits per heavy atom. The average molecular weight is 335 g/mol. The third kappa shape index (κ3) is 4.37. The highest BCUT2D eigenvalue weighted by atomic mass is 16.3. The number of carbonyl (C=O) groups is 1. The topological polar surface area (TPSA) is 40.5 Å². The van der Waals surface area contributed by atoms with Gasteiger partial charge in [-0.1, -0.05) is 36.4 Å². The molecular formula is C22H25NO2. The first-order chi connectivity index (χ1) is 12.2. The van der Waals surface area contributed by atoms with Crippen LogP contribution in [0.1, 0.15) is 30.4 Å². The molecule has 3 heteroatoms. The molecule has 1 heterocycles. The molecule has 1 fully saturated rings. The quantitative estimate of drug-likeness (QED) is 0.832. The van der Waals surface area contributed by atoms with Gasteiger partial charge in [0.25, 0.3) is 0 Å². The van der Waals surface area contributed by atoms with Gasteiger partial charge < -0.3 is 10.0 Å². The fourth-order valence-corrected chi connectivity index (χ4v) is 3.36. The first-order valence-corrected chi connectivity index (χ1v) is 8.95. The van der Waals surface area contributed by atoms with Crippen molar-refractivity contribution in [1.82, 2.24) is 0 Å². The standard InChI is InChI=1S/C22H25NO2/c1-17-15-18(5-11-21(25)16-24)6-12-22(17)19-7-9-20(10-8-19)23-13-3-2-4-14-23/h5-12,15,24H,2-4,13-14,16H2,1H3/b11-5+. The lowest BCUT2D eigenvalue weighted by Gasteiger charge is -2.29. The second-order valence-electron chi connectivity index (χ2n) is 6.63. The molecular weight excluding hydrogens is 310 g/mol. The molecule has 0 atom stereocenters. The minimum absolute atomic E-state index is 0.282. The van der Waals surface area contributed by atoms with Gasteiger partial charge in [-0.15, -0.1) is 0 Å². The van der Waals surface area contributed by atoms with Crippen molar-refractivity contribution >= 4 is 17.5 Å². The van der Waals surface area contributed by atoms with Gasteiger partial charge >= 0.3 is 0 Å². The van der Waals surface area contributed by atoms with Crippen LogP contribution in [0.25, 0.3) is 17.2 Å². The predicted octanol–water partition coefficient (Wildman–Crippen LogP) is 4.23. The van der Waals surface area contributed by atoms with E-state index in [0.717, 1.165) is 18.7 Å². The van der Waals surface area contributed by atoms with Crippen LogP contribution in [-0.2, 0) is 4.79 Å². The van der Waals surface area contributed by atoms with Gasteiger partial charge in [0, 0.05) is 18.8 Å². The monoisotopic (exact) mass is 335 g/mol. The van der Waals surface area contributed by atoms with Crippen molar-refractivity contribution in [3.63, 3.8) is 0 Å². The average Bonchev–Trinajstić information content (AvgIpc) is 2.67. The number of carbonyl (C=O) groups excluding carboxylic acids is 1. The molecule has 0 unspecified atom stereocenters. The molecule has 0 saturated carbocycles. The van der Waals surface area contributed by atoms with Crippen LogP contribution in [0.4, 0.5) is 5.69 Å². The van der Waals surface area contributed by atoms with Gasteiger partial charge in [-0.05, 0) is 66.6 Å². The SMILES string of the molecule is Cc1cc(/C=C/C(=O)CO)ccc1-c1ccc(N2CCCCC2)cc1. The summed E-state index contributed by atoms with van der Waals surface area (Å²) in [4.78, 5) is 13.6. The van der Waals surface area contributed by atoms with Gasteiger partial charge in [0.1, 0.15) is 6.61 Å². The molecule has 1 aliphatic rings. The zero-order valence-corrected chi connectivity index (χ0v) is 14.7. The summed E-state index contributed by atoms with van der Waals surface area (Å²) < 4.78 is 0. The summed E-state index contributed by atoms with van der Waals surface area (Å²) in [5.41, 5.74) is 5.86. The number of benzene rings is 2. The zero-order chi connectivity index (χ0) is 17.6. The Bertz CT molecular complexity index is 756. The molecule has 3 rings (SSSR count). The molecule has 2 aromatic rings. The van der Waals surface area contributed by atoms with E-state index in [1.807, 2.05) is 6.07 Å². The van der Waals surface area contributed by atoms with Gasteiger partial charge in [-0.2, -0.15) is 0 Å². The van der Waals surface area contributed by atoms with Crippen molar-refractivity contribution in [1.29, 1.82) is 0 Å². The smallest absolute Gasteiger partial charge is 0.181 e. The normalized spacial score (nSPS) is 14.9. The summed E-state index contributed by atoms with van der Waals surface area (Å²) in [7, 11) is 0. The van der Waals surface area contributed by atoms with E-state index in [2.05, 4.69) is 48.2 Å². The minimum Gasteiger partial charge on any atom is -0.388 e. The summed E-state index contributed by atoms with van der Waals surface area (Å²) in [6.45, 7) is 3.95. The first-order valence-electron chi connectivity index (χ1n) is 8.95. The Kier molecular flexibility index (Phi) is 5.67. The number of aryl methyl sites for hydroxylation is 1. The Morgan fingerprint density at radius 3 is 2.44 bits per heavy atom. The first kappa shape index (κ1) is 17.4. The van der Waals surface area contributed by atoms with Crippen LogP contribution in [0.5, 0.6) is 0 Å². The maximum absolute atomic E-state index is 11.2. The van der Waals surface area contributed by atoms with Crippen LogP contribution < -0.4 is 4.90 Å². The number of aliphatic hydroxyl groups is 1. The fraction of sp³-hybridized carbons (Fsp3) is 0.318. The molecule has 0 amide bonds. The molecule has 0 radical (unpaired) electrons. The summed E-state index contributed by atoms with van der Waals surface area (Å²) >= 11 is 0. The number of hydrogen-bond acceptors (Lipinski definition) is 3. The van der Waals surface area contributed by atoms with Crippen molar-refractivity contribution in [2.45, 2.75) is 26.2 Å². The molecule has 3 nitrogen and oxygen atoms in total. The second kappa shape index (κ2) is 8.13. The van der Waals surface area contributed by atoms with E-state index in [4.69, 9.17) is 5.11 Å². The Labute approximate surface area is 149 Å². The molecule has 0 aliphatic carbocycles. The van der Waals surface area contributed by atoms with Gasteiger partial charge in [-0.3, -0.25) is 4.79 Å². The molecule has 0 spiro atoms. The lowest BCUT2D eigenvalue weighted by Crippen LogP contribution is -2.29. The number of anilines is 1. The largest absolute Gasteiger partial charge is 0.388 e. The number of ketones is 1. The Balaban J connectivity index is 1.77. The molecule has 1 N–H and O–H groups in total. The van der Waals surface area contributed by atoms with Crippen LogP contribution in [0.2, 0.25) is 0 Å². The van der Waals surface area contributed by atoms with Crippen LogP contribution in [0.3, 0.4) is 0 Å². The van der Waals surface area contributed by atoms with E-state index in [9.17, 15) is 4.79 Å². The number of aliphatic hydroxyl groups excluding tert-OH is 1. The molecule has 1 aliphatic heterocycles. The third-order valence-corrected chi connectivity index (χ3v) is 4.77. The molecule has 2 aromatic carbocycles. The lowest BCUT2D eigenvalue weighted by atomic mass is 9.97. The minimum atomic E-state index is -0.447. The predicted molar refractivity (Wildman–Crippen MR) is 104 cm³/mol. The van der Waals surface area contributed by atoms with Crippen LogP contribution >= 0.6 is 0 Å². The second-order valence-corrected chi connectivity index (χ2v) is 6.63. The fourth-order valence-electron chi connectivity index (χ4n) is 3.36. The molecule has 25 heavy (non-hydrogen) atoms. The van der Waals surface area contributed by atoms with E-state index < -0.39 is 6.61 Å². The van der Waals surface area contributed by atoms with Crippen molar-refractivity contribution in [2.24, 2.45) is 0 Å². The van der Waals surface area contributed by atoms with E-state index in [0.29, 0.717) is 0 Å². The third-order valence-electron chi connectivity index (χ3n) is 4.77. The number of hydrogen-bond donors (Lipinski definition) is 1. The summed E-state index contributed by atoms with van der Waals surface area (Å²) in [6, 6.07) is 15.0. The molecule has 130 valence electrons. The van der Waals surface area contributed by atoms with Gasteiger partial charge in [-0.25, -0.2) is 0 Å². The van der Waals surface area contributed by atoms with E-state index in [1.165, 1.54) is 47.7 Å². The van der Waals surface area contributed by atoms with E-state index in [-0.39, 0.29) is 5.78 Å². The van der Waals surface area contributed by atoms with Crippen LogP contribution in [0, 0.1) is 6.92 Å². The Hall–Kier alpha value is -2.39. The van der Waals surface area contributed by atoms with E-state index in [1.54, 1.807) is 6.08 Å². The highest BCUT2D eigenvalue weighted by Gasteiger charge is 2.11. The number of nitrogens with zero attached hydrogens (tertiary/aromatic N) is 1. The van der Waals surface area contributed by atoms with Crippen molar-refractivity contribution in [3.8, 4) is 11.1 Å². The van der Waals surface area contributed by atoms with E-state index >= 15 is 0 Å². The van der Waals surface area contributed by atoms with Gasteiger partial charge in [0.15, 0.2) is 5.78 Å². The van der Waals surface area contributed by atoms with Crippen molar-refractivity contribution in [2.75, 3.05) is 24.6 Å². The summed E-state index contributed by atoms with van der Waals surface area (Å²) in [6.07, 6.45) is 7.08. The molecule has 0 aromatic heterocycles. The van der Waals surface area contributed by atoms with Crippen LogP contribution in [0.15, 0.2) is 48.5 Å². The highest BCUT2D eigenvalue weighted by Crippen LogP contribution is 2.28. The maximum atomic E-state index is 11.2. The maximum Gasteiger partial charge on any atom is 0.181 e. The van der Waals surface area contributed by atoms with Crippen molar-refractivity contribution in [3.05, 3.63) is 59.7 Å². The summed E-state index contributed by atoms with van der Waals surface area (Å²) in [5, 5.41) is 8.77. The Morgan fingerprint density at radius 2 is 1.80 bits per heavy atom.